The smallest absolute Gasteiger partial charge is 0.176 e. The number of carbonyl (C=O) groups is 1. The van der Waals surface area contributed by atoms with E-state index in [4.69, 9.17) is 0 Å². The first kappa shape index (κ1) is 17.3. The van der Waals surface area contributed by atoms with Crippen molar-refractivity contribution in [2.24, 2.45) is 0 Å². The van der Waals surface area contributed by atoms with Crippen molar-refractivity contribution in [3.8, 4) is 0 Å². The number of unbranched alkanes of at least 4 members (excludes halogenated alkanes) is 1. The molecule has 2 nitrogen and oxygen atoms in total. The van der Waals surface area contributed by atoms with E-state index in [0.717, 1.165) is 24.9 Å². The maximum absolute atomic E-state index is 12.4. The zero-order chi connectivity index (χ0) is 15.0. The maximum Gasteiger partial charge on any atom is 0.176 e. The Morgan fingerprint density at radius 3 is 2.40 bits per heavy atom. The molecule has 3 heteroatoms. The van der Waals surface area contributed by atoms with E-state index in [1.54, 1.807) is 11.8 Å². The van der Waals surface area contributed by atoms with Gasteiger partial charge < -0.3 is 0 Å². The average Bonchev–Trinajstić information content (AvgIpc) is 2.50. The predicted octanol–water partition coefficient (Wildman–Crippen LogP) is 4.49. The van der Waals surface area contributed by atoms with Gasteiger partial charge in [0.15, 0.2) is 5.78 Å². The topological polar surface area (TPSA) is 20.3 Å². The molecule has 0 amide bonds. The molecule has 0 N–H and O–H groups in total. The average molecular weight is 293 g/mol. The van der Waals surface area contributed by atoms with Crippen molar-refractivity contribution in [2.75, 3.05) is 19.3 Å². The summed E-state index contributed by atoms with van der Waals surface area (Å²) in [6.07, 6.45) is 5.46. The lowest BCUT2D eigenvalue weighted by Gasteiger charge is -2.27. The van der Waals surface area contributed by atoms with E-state index >= 15 is 0 Å². The molecular formula is C17H27NOS. The van der Waals surface area contributed by atoms with Crippen molar-refractivity contribution < 1.29 is 4.79 Å². The number of hydrogen-bond donors (Lipinski definition) is 0. The van der Waals surface area contributed by atoms with E-state index in [9.17, 15) is 4.79 Å². The van der Waals surface area contributed by atoms with Crippen molar-refractivity contribution in [3.05, 3.63) is 29.8 Å². The Balaban J connectivity index is 2.68. The minimum Gasteiger partial charge on any atom is -0.293 e. The van der Waals surface area contributed by atoms with Gasteiger partial charge >= 0.3 is 0 Å². The highest BCUT2D eigenvalue weighted by Gasteiger charge is 2.16. The van der Waals surface area contributed by atoms with Crippen LogP contribution >= 0.6 is 11.8 Å². The second-order valence-corrected chi connectivity index (χ2v) is 6.11. The van der Waals surface area contributed by atoms with Crippen LogP contribution in [0.15, 0.2) is 29.2 Å². The number of benzene rings is 1. The summed E-state index contributed by atoms with van der Waals surface area (Å²) in [6.45, 7) is 8.13. The molecule has 1 rings (SSSR count). The highest BCUT2D eigenvalue weighted by atomic mass is 32.2. The number of rotatable bonds is 9. The molecule has 0 fully saturated rings. The van der Waals surface area contributed by atoms with Crippen LogP contribution in [0.3, 0.4) is 0 Å². The minimum absolute atomic E-state index is 0.231. The van der Waals surface area contributed by atoms with E-state index in [-0.39, 0.29) is 5.78 Å². The van der Waals surface area contributed by atoms with Gasteiger partial charge in [0.05, 0.1) is 6.54 Å². The lowest BCUT2D eigenvalue weighted by atomic mass is 10.1. The lowest BCUT2D eigenvalue weighted by molar-refractivity contribution is 0.0894. The SMILES string of the molecule is CCCCN(CC(=O)c1ccc(SC)cc1)C(C)CC. The van der Waals surface area contributed by atoms with Gasteiger partial charge in [-0.25, -0.2) is 0 Å². The number of thioether (sulfide) groups is 1. The third kappa shape index (κ3) is 5.29. The van der Waals surface area contributed by atoms with E-state index in [1.807, 2.05) is 30.5 Å². The minimum atomic E-state index is 0.231. The maximum atomic E-state index is 12.4. The zero-order valence-corrected chi connectivity index (χ0v) is 14.0. The Labute approximate surface area is 127 Å². The third-order valence-electron chi connectivity index (χ3n) is 3.77. The van der Waals surface area contributed by atoms with Crippen LogP contribution in [0.5, 0.6) is 0 Å². The largest absolute Gasteiger partial charge is 0.293 e. The fourth-order valence-electron chi connectivity index (χ4n) is 2.13. The number of Topliss-reactive ketones (excluding diaryl/α,β-unsaturated/α-hetero) is 1. The van der Waals surface area contributed by atoms with E-state index < -0.39 is 0 Å². The van der Waals surface area contributed by atoms with Crippen LogP contribution in [0, 0.1) is 0 Å². The van der Waals surface area contributed by atoms with Crippen LogP contribution in [0.4, 0.5) is 0 Å². The van der Waals surface area contributed by atoms with E-state index in [1.165, 1.54) is 11.3 Å². The molecule has 1 unspecified atom stereocenters. The molecule has 112 valence electrons. The number of carbonyl (C=O) groups excluding carboxylic acids is 1. The first-order valence-electron chi connectivity index (χ1n) is 7.53. The van der Waals surface area contributed by atoms with Crippen LogP contribution in [-0.2, 0) is 0 Å². The summed E-state index contributed by atoms with van der Waals surface area (Å²) in [6, 6.07) is 8.41. The van der Waals surface area contributed by atoms with Crippen molar-refractivity contribution in [1.29, 1.82) is 0 Å². The normalized spacial score (nSPS) is 12.7. The van der Waals surface area contributed by atoms with Gasteiger partial charge in [0.25, 0.3) is 0 Å². The molecule has 0 radical (unpaired) electrons. The molecule has 0 heterocycles. The monoisotopic (exact) mass is 293 g/mol. The van der Waals surface area contributed by atoms with Gasteiger partial charge in [-0.2, -0.15) is 0 Å². The molecule has 0 aliphatic carbocycles. The second-order valence-electron chi connectivity index (χ2n) is 5.23. The summed E-state index contributed by atoms with van der Waals surface area (Å²) < 4.78 is 0. The summed E-state index contributed by atoms with van der Waals surface area (Å²) in [5, 5.41) is 0. The standard InChI is InChI=1S/C17H27NOS/c1-5-7-12-18(14(3)6-2)13-17(19)15-8-10-16(20-4)11-9-15/h8-11,14H,5-7,12-13H2,1-4H3. The summed E-state index contributed by atoms with van der Waals surface area (Å²) in [5.41, 5.74) is 0.826. The molecule has 0 spiro atoms. The molecule has 1 atom stereocenters. The molecule has 1 aromatic rings. The van der Waals surface area contributed by atoms with Gasteiger partial charge in [-0.3, -0.25) is 9.69 Å². The number of hydrogen-bond acceptors (Lipinski definition) is 3. The molecule has 0 saturated heterocycles. The Hall–Kier alpha value is -0.800. The molecule has 0 aromatic heterocycles. The lowest BCUT2D eigenvalue weighted by Crippen LogP contribution is -2.37. The van der Waals surface area contributed by atoms with Crippen LogP contribution in [0.2, 0.25) is 0 Å². The van der Waals surface area contributed by atoms with E-state index in [2.05, 4.69) is 25.7 Å². The Bertz CT molecular complexity index is 402. The van der Waals surface area contributed by atoms with Crippen LogP contribution < -0.4 is 0 Å². The van der Waals surface area contributed by atoms with E-state index in [0.29, 0.717) is 12.6 Å². The van der Waals surface area contributed by atoms with Gasteiger partial charge in [0.1, 0.15) is 0 Å². The zero-order valence-electron chi connectivity index (χ0n) is 13.2. The Kier molecular flexibility index (Phi) is 7.93. The van der Waals surface area contributed by atoms with Gasteiger partial charge in [0, 0.05) is 16.5 Å². The molecule has 0 bridgehead atoms. The summed E-state index contributed by atoms with van der Waals surface area (Å²) in [5.74, 6) is 0.231. The highest BCUT2D eigenvalue weighted by Crippen LogP contribution is 2.16. The van der Waals surface area contributed by atoms with Gasteiger partial charge in [0.2, 0.25) is 0 Å². The molecule has 20 heavy (non-hydrogen) atoms. The molecule has 0 aliphatic rings. The third-order valence-corrected chi connectivity index (χ3v) is 4.52. The van der Waals surface area contributed by atoms with Crippen molar-refractivity contribution in [1.82, 2.24) is 4.90 Å². The van der Waals surface area contributed by atoms with Crippen molar-refractivity contribution in [3.63, 3.8) is 0 Å². The fourth-order valence-corrected chi connectivity index (χ4v) is 2.54. The quantitative estimate of drug-likeness (QED) is 0.494. The number of nitrogens with zero attached hydrogens (tertiary/aromatic N) is 1. The Morgan fingerprint density at radius 2 is 1.90 bits per heavy atom. The van der Waals surface area contributed by atoms with Gasteiger partial charge in [-0.15, -0.1) is 11.8 Å². The predicted molar refractivity (Wildman–Crippen MR) is 88.8 cm³/mol. The van der Waals surface area contributed by atoms with Crippen LogP contribution in [0.25, 0.3) is 0 Å². The first-order chi connectivity index (χ1) is 9.62. The second kappa shape index (κ2) is 9.19. The van der Waals surface area contributed by atoms with Crippen LogP contribution in [0.1, 0.15) is 50.4 Å². The fraction of sp³-hybridized carbons (Fsp3) is 0.588. The van der Waals surface area contributed by atoms with Gasteiger partial charge in [-0.1, -0.05) is 32.4 Å². The van der Waals surface area contributed by atoms with Crippen molar-refractivity contribution in [2.45, 2.75) is 51.0 Å². The van der Waals surface area contributed by atoms with Crippen LogP contribution in [-0.4, -0.2) is 36.1 Å². The molecule has 0 aliphatic heterocycles. The highest BCUT2D eigenvalue weighted by molar-refractivity contribution is 7.98. The van der Waals surface area contributed by atoms with Gasteiger partial charge in [-0.05, 0) is 44.7 Å². The Morgan fingerprint density at radius 1 is 1.25 bits per heavy atom. The van der Waals surface area contributed by atoms with Crippen molar-refractivity contribution >= 4 is 17.5 Å². The molecular weight excluding hydrogens is 266 g/mol. The summed E-state index contributed by atoms with van der Waals surface area (Å²) in [4.78, 5) is 15.9. The molecule has 1 aromatic carbocycles. The summed E-state index contributed by atoms with van der Waals surface area (Å²) in [7, 11) is 0. The molecule has 0 saturated carbocycles. The summed E-state index contributed by atoms with van der Waals surface area (Å²) >= 11 is 1.70. The number of ketones is 1. The first-order valence-corrected chi connectivity index (χ1v) is 8.76.